The molecule has 30 heavy (non-hydrogen) atoms. The summed E-state index contributed by atoms with van der Waals surface area (Å²) in [6.45, 7) is 0.395. The number of hydrazine groups is 1. The van der Waals surface area contributed by atoms with Gasteiger partial charge in [-0.15, -0.1) is 0 Å². The van der Waals surface area contributed by atoms with Crippen LogP contribution in [0.3, 0.4) is 0 Å². The zero-order chi connectivity index (χ0) is 21.9. The standard InChI is InChI=1S/C20H25ClN4O4S/c1-25(2)30(27,28)19-10-14(6-9-18(19)29-3)16-11-17(24-23-16)20(26)22-12-13-4-7-15(21)8-5-13/h4-10,16-17,23-24H,11-12H2,1-3H3,(H,22,26). The van der Waals surface area contributed by atoms with E-state index in [4.69, 9.17) is 16.3 Å². The summed E-state index contributed by atoms with van der Waals surface area (Å²) in [7, 11) is 0.698. The average molecular weight is 453 g/mol. The summed E-state index contributed by atoms with van der Waals surface area (Å²) in [6.07, 6.45) is 0.472. The van der Waals surface area contributed by atoms with E-state index in [0.717, 1.165) is 15.4 Å². The number of ether oxygens (including phenoxy) is 1. The topological polar surface area (TPSA) is 99.8 Å². The molecule has 0 bridgehead atoms. The lowest BCUT2D eigenvalue weighted by Crippen LogP contribution is -2.42. The van der Waals surface area contributed by atoms with Crippen molar-refractivity contribution in [2.45, 2.75) is 29.9 Å². The average Bonchev–Trinajstić information content (AvgIpc) is 3.23. The van der Waals surface area contributed by atoms with E-state index in [0.29, 0.717) is 18.0 Å². The number of benzene rings is 2. The molecule has 0 aliphatic carbocycles. The number of nitrogens with one attached hydrogen (secondary N) is 3. The van der Waals surface area contributed by atoms with Crippen LogP contribution < -0.4 is 20.9 Å². The summed E-state index contributed by atoms with van der Waals surface area (Å²) >= 11 is 5.87. The maximum Gasteiger partial charge on any atom is 0.246 e. The highest BCUT2D eigenvalue weighted by Gasteiger charge is 2.31. The molecule has 2 atom stereocenters. The first-order chi connectivity index (χ1) is 14.2. The molecule has 1 aliphatic rings. The fraction of sp³-hybridized carbons (Fsp3) is 0.350. The Morgan fingerprint density at radius 2 is 1.90 bits per heavy atom. The molecule has 1 fully saturated rings. The van der Waals surface area contributed by atoms with Crippen LogP contribution in [0.2, 0.25) is 5.02 Å². The number of nitrogens with zero attached hydrogens (tertiary/aromatic N) is 1. The highest BCUT2D eigenvalue weighted by atomic mass is 35.5. The lowest BCUT2D eigenvalue weighted by Gasteiger charge is -2.17. The molecule has 1 heterocycles. The predicted octanol–water partition coefficient (Wildman–Crippen LogP) is 1.82. The quantitative estimate of drug-likeness (QED) is 0.592. The Bertz CT molecular complexity index is 1010. The Kier molecular flexibility index (Phi) is 6.99. The number of methoxy groups -OCH3 is 1. The van der Waals surface area contributed by atoms with E-state index < -0.39 is 16.1 Å². The first-order valence-corrected chi connectivity index (χ1v) is 11.2. The molecule has 0 aromatic heterocycles. The minimum Gasteiger partial charge on any atom is -0.495 e. The number of hydrogen-bond donors (Lipinski definition) is 3. The summed E-state index contributed by atoms with van der Waals surface area (Å²) in [5, 5.41) is 3.54. The number of sulfonamides is 1. The van der Waals surface area contributed by atoms with Crippen molar-refractivity contribution in [1.29, 1.82) is 0 Å². The highest BCUT2D eigenvalue weighted by molar-refractivity contribution is 7.89. The Labute approximate surface area is 181 Å². The van der Waals surface area contributed by atoms with Crippen LogP contribution in [0, 0.1) is 0 Å². The summed E-state index contributed by atoms with van der Waals surface area (Å²) in [5.41, 5.74) is 7.76. The fourth-order valence-corrected chi connectivity index (χ4v) is 4.38. The van der Waals surface area contributed by atoms with E-state index in [-0.39, 0.29) is 22.6 Å². The zero-order valence-corrected chi connectivity index (χ0v) is 18.5. The molecular weight excluding hydrogens is 428 g/mol. The first kappa shape index (κ1) is 22.5. The van der Waals surface area contributed by atoms with Gasteiger partial charge in [-0.2, -0.15) is 0 Å². The Balaban J connectivity index is 1.68. The van der Waals surface area contributed by atoms with Gasteiger partial charge in [-0.25, -0.2) is 23.6 Å². The van der Waals surface area contributed by atoms with E-state index >= 15 is 0 Å². The molecule has 10 heteroatoms. The van der Waals surface area contributed by atoms with Crippen LogP contribution in [0.15, 0.2) is 47.4 Å². The van der Waals surface area contributed by atoms with Crippen molar-refractivity contribution in [3.63, 3.8) is 0 Å². The molecule has 0 spiro atoms. The number of hydrogen-bond acceptors (Lipinski definition) is 6. The zero-order valence-electron chi connectivity index (χ0n) is 17.0. The van der Waals surface area contributed by atoms with Gasteiger partial charge in [0.1, 0.15) is 16.7 Å². The monoisotopic (exact) mass is 452 g/mol. The van der Waals surface area contributed by atoms with Crippen LogP contribution >= 0.6 is 11.6 Å². The van der Waals surface area contributed by atoms with Crippen molar-refractivity contribution in [3.05, 3.63) is 58.6 Å². The number of rotatable bonds is 7. The molecule has 2 aromatic carbocycles. The van der Waals surface area contributed by atoms with Crippen LogP contribution in [0.1, 0.15) is 23.6 Å². The van der Waals surface area contributed by atoms with Gasteiger partial charge in [0.2, 0.25) is 15.9 Å². The van der Waals surface area contributed by atoms with Crippen molar-refractivity contribution in [2.75, 3.05) is 21.2 Å². The number of halogens is 1. The molecule has 3 N–H and O–H groups in total. The van der Waals surface area contributed by atoms with E-state index in [1.54, 1.807) is 30.3 Å². The van der Waals surface area contributed by atoms with Gasteiger partial charge >= 0.3 is 0 Å². The third-order valence-corrected chi connectivity index (χ3v) is 7.04. The minimum atomic E-state index is -3.67. The largest absolute Gasteiger partial charge is 0.495 e. The Morgan fingerprint density at radius 3 is 2.53 bits per heavy atom. The van der Waals surface area contributed by atoms with E-state index in [9.17, 15) is 13.2 Å². The maximum absolute atomic E-state index is 12.6. The summed E-state index contributed by atoms with van der Waals surface area (Å²) in [6, 6.07) is 11.6. The molecule has 1 amide bonds. The van der Waals surface area contributed by atoms with Crippen molar-refractivity contribution in [1.82, 2.24) is 20.5 Å². The van der Waals surface area contributed by atoms with Crippen LogP contribution in [0.5, 0.6) is 5.75 Å². The summed E-state index contributed by atoms with van der Waals surface area (Å²) in [4.78, 5) is 12.6. The van der Waals surface area contributed by atoms with E-state index in [1.807, 2.05) is 12.1 Å². The van der Waals surface area contributed by atoms with E-state index in [1.165, 1.54) is 21.2 Å². The lowest BCUT2D eigenvalue weighted by atomic mass is 10.0. The van der Waals surface area contributed by atoms with Crippen LogP contribution in [0.25, 0.3) is 0 Å². The summed E-state index contributed by atoms with van der Waals surface area (Å²) in [5.74, 6) is 0.130. The van der Waals surface area contributed by atoms with Crippen molar-refractivity contribution in [2.24, 2.45) is 0 Å². The highest BCUT2D eigenvalue weighted by Crippen LogP contribution is 2.31. The third kappa shape index (κ3) is 4.93. The van der Waals surface area contributed by atoms with Gasteiger partial charge in [-0.05, 0) is 41.8 Å². The minimum absolute atomic E-state index is 0.0879. The first-order valence-electron chi connectivity index (χ1n) is 9.36. The second kappa shape index (κ2) is 9.32. The predicted molar refractivity (Wildman–Crippen MR) is 115 cm³/mol. The molecule has 1 aliphatic heterocycles. The number of carbonyl (C=O) groups excluding carboxylic acids is 1. The summed E-state index contributed by atoms with van der Waals surface area (Å²) < 4.78 is 31.6. The van der Waals surface area contributed by atoms with Crippen LogP contribution in [-0.4, -0.2) is 45.9 Å². The molecule has 0 saturated carbocycles. The second-order valence-corrected chi connectivity index (χ2v) is 9.73. The Morgan fingerprint density at radius 1 is 1.20 bits per heavy atom. The van der Waals surface area contributed by atoms with Gasteiger partial charge < -0.3 is 10.1 Å². The van der Waals surface area contributed by atoms with Crippen molar-refractivity contribution in [3.8, 4) is 5.75 Å². The molecule has 2 aromatic rings. The molecule has 2 unspecified atom stereocenters. The molecule has 0 radical (unpaired) electrons. The SMILES string of the molecule is COc1ccc(C2CC(C(=O)NCc3ccc(Cl)cc3)NN2)cc1S(=O)(=O)N(C)C. The molecule has 8 nitrogen and oxygen atoms in total. The van der Waals surface area contributed by atoms with Crippen LogP contribution in [-0.2, 0) is 21.4 Å². The van der Waals surface area contributed by atoms with Gasteiger partial charge in [0, 0.05) is 31.7 Å². The van der Waals surface area contributed by atoms with Gasteiger partial charge in [-0.3, -0.25) is 4.79 Å². The molecule has 162 valence electrons. The van der Waals surface area contributed by atoms with Gasteiger partial charge in [0.05, 0.1) is 7.11 Å². The number of carbonyl (C=O) groups is 1. The van der Waals surface area contributed by atoms with Gasteiger partial charge in [0.25, 0.3) is 0 Å². The second-order valence-electron chi connectivity index (χ2n) is 7.17. The normalized spacial score (nSPS) is 19.1. The third-order valence-electron chi connectivity index (χ3n) is 4.95. The van der Waals surface area contributed by atoms with Gasteiger partial charge in [0.15, 0.2) is 0 Å². The lowest BCUT2D eigenvalue weighted by molar-refractivity contribution is -0.123. The van der Waals surface area contributed by atoms with Gasteiger partial charge in [-0.1, -0.05) is 29.8 Å². The van der Waals surface area contributed by atoms with Crippen molar-refractivity contribution >= 4 is 27.5 Å². The number of amides is 1. The molecular formula is C20H25ClN4O4S. The maximum atomic E-state index is 12.6. The van der Waals surface area contributed by atoms with Crippen molar-refractivity contribution < 1.29 is 17.9 Å². The Hall–Kier alpha value is -2.17. The molecule has 1 saturated heterocycles. The van der Waals surface area contributed by atoms with Crippen LogP contribution in [0.4, 0.5) is 0 Å². The van der Waals surface area contributed by atoms with E-state index in [2.05, 4.69) is 16.2 Å². The smallest absolute Gasteiger partial charge is 0.246 e. The fourth-order valence-electron chi connectivity index (χ4n) is 3.17. The molecule has 3 rings (SSSR count).